The van der Waals surface area contributed by atoms with Crippen molar-refractivity contribution in [2.24, 2.45) is 4.99 Å². The van der Waals surface area contributed by atoms with Crippen LogP contribution in [0.2, 0.25) is 0 Å². The number of hydrogen-bond acceptors (Lipinski definition) is 4. The summed E-state index contributed by atoms with van der Waals surface area (Å²) in [7, 11) is 0. The Morgan fingerprint density at radius 2 is 1.67 bits per heavy atom. The van der Waals surface area contributed by atoms with Crippen LogP contribution in [0.4, 0.5) is 26.3 Å². The summed E-state index contributed by atoms with van der Waals surface area (Å²) in [4.78, 5) is 3.59. The SMILES string of the molecule is C[C@@H]([NH-])C1=CNC(OCC(F)(F)F)(OCC(F)(F)F)C=N1. The summed E-state index contributed by atoms with van der Waals surface area (Å²) in [6.45, 7) is -2.24. The first-order valence-electron chi connectivity index (χ1n) is 5.58. The summed E-state index contributed by atoms with van der Waals surface area (Å²) < 4.78 is 81.5. The molecule has 122 valence electrons. The number of nitrogens with zero attached hydrogens (tertiary/aromatic N) is 1. The van der Waals surface area contributed by atoms with Crippen LogP contribution < -0.4 is 5.32 Å². The van der Waals surface area contributed by atoms with E-state index >= 15 is 0 Å². The summed E-state index contributed by atoms with van der Waals surface area (Å²) in [5.74, 6) is -2.48. The minimum absolute atomic E-state index is 0.108. The molecular weight excluding hydrogens is 308 g/mol. The second-order valence-electron chi connectivity index (χ2n) is 4.17. The van der Waals surface area contributed by atoms with Crippen molar-refractivity contribution < 1.29 is 35.8 Å². The molecule has 0 aromatic carbocycles. The van der Waals surface area contributed by atoms with E-state index in [1.807, 2.05) is 0 Å². The van der Waals surface area contributed by atoms with Gasteiger partial charge >= 0.3 is 12.4 Å². The van der Waals surface area contributed by atoms with Crippen LogP contribution in [0.5, 0.6) is 0 Å². The molecule has 0 fully saturated rings. The monoisotopic (exact) mass is 320 g/mol. The van der Waals surface area contributed by atoms with Gasteiger partial charge in [0.15, 0.2) is 0 Å². The first kappa shape index (κ1) is 17.7. The molecule has 1 atom stereocenters. The Balaban J connectivity index is 2.80. The van der Waals surface area contributed by atoms with E-state index in [-0.39, 0.29) is 5.70 Å². The van der Waals surface area contributed by atoms with Gasteiger partial charge in [0.05, 0.1) is 6.21 Å². The van der Waals surface area contributed by atoms with Gasteiger partial charge in [-0.1, -0.05) is 13.0 Å². The lowest BCUT2D eigenvalue weighted by atomic mass is 10.2. The third kappa shape index (κ3) is 6.31. The molecule has 0 saturated heterocycles. The lowest BCUT2D eigenvalue weighted by molar-refractivity contribution is -0.288. The van der Waals surface area contributed by atoms with E-state index in [1.54, 1.807) is 0 Å². The fraction of sp³-hybridized carbons (Fsp3) is 0.700. The zero-order valence-electron chi connectivity index (χ0n) is 10.7. The van der Waals surface area contributed by atoms with Crippen LogP contribution in [-0.4, -0.2) is 43.7 Å². The summed E-state index contributed by atoms with van der Waals surface area (Å²) >= 11 is 0. The minimum Gasteiger partial charge on any atom is -0.670 e. The average Bonchev–Trinajstić information content (AvgIpc) is 2.33. The van der Waals surface area contributed by atoms with Crippen molar-refractivity contribution in [1.29, 1.82) is 0 Å². The normalized spacial score (nSPS) is 19.9. The molecule has 21 heavy (non-hydrogen) atoms. The molecule has 0 bridgehead atoms. The van der Waals surface area contributed by atoms with Gasteiger partial charge in [-0.2, -0.15) is 26.3 Å². The third-order valence-electron chi connectivity index (χ3n) is 2.15. The van der Waals surface area contributed by atoms with E-state index < -0.39 is 37.5 Å². The Kier molecular flexibility index (Phi) is 5.23. The van der Waals surface area contributed by atoms with Crippen molar-refractivity contribution in [2.75, 3.05) is 13.2 Å². The van der Waals surface area contributed by atoms with Gasteiger partial charge in [0.1, 0.15) is 13.2 Å². The van der Waals surface area contributed by atoms with Crippen molar-refractivity contribution in [2.45, 2.75) is 31.2 Å². The standard InChI is InChI=1S/C10H12F6N3O2/c1-6(17)7-2-19-10(3-18-7,20-4-8(11,12)13)21-5-9(14,15)16/h2-3,6,17,19H,4-5H2,1H3/q-1/t6-/m1/s1. The highest BCUT2D eigenvalue weighted by Gasteiger charge is 2.41. The molecule has 1 rings (SSSR count). The van der Waals surface area contributed by atoms with Gasteiger partial charge in [0.25, 0.3) is 5.91 Å². The molecule has 0 saturated carbocycles. The van der Waals surface area contributed by atoms with Gasteiger partial charge in [-0.05, 0) is 0 Å². The average molecular weight is 320 g/mol. The smallest absolute Gasteiger partial charge is 0.412 e. The maximum atomic E-state index is 12.1. The predicted octanol–water partition coefficient (Wildman–Crippen LogP) is 2.75. The van der Waals surface area contributed by atoms with Gasteiger partial charge in [0.2, 0.25) is 0 Å². The molecule has 0 aromatic rings. The van der Waals surface area contributed by atoms with E-state index in [9.17, 15) is 26.3 Å². The van der Waals surface area contributed by atoms with Crippen molar-refractivity contribution in [1.82, 2.24) is 5.32 Å². The molecule has 0 aliphatic carbocycles. The zero-order chi connectivity index (χ0) is 16.3. The quantitative estimate of drug-likeness (QED) is 0.626. The summed E-state index contributed by atoms with van der Waals surface area (Å²) in [6.07, 6.45) is -7.90. The van der Waals surface area contributed by atoms with E-state index in [2.05, 4.69) is 19.8 Å². The molecule has 2 N–H and O–H groups in total. The van der Waals surface area contributed by atoms with Crippen LogP contribution in [0.3, 0.4) is 0 Å². The maximum Gasteiger partial charge on any atom is 0.412 e. The summed E-state index contributed by atoms with van der Waals surface area (Å²) in [5, 5.41) is 2.13. The zero-order valence-corrected chi connectivity index (χ0v) is 10.7. The maximum absolute atomic E-state index is 12.1. The highest BCUT2D eigenvalue weighted by molar-refractivity contribution is 5.69. The van der Waals surface area contributed by atoms with Gasteiger partial charge in [-0.15, -0.1) is 0 Å². The number of alkyl halides is 6. The Labute approximate surface area is 115 Å². The first-order valence-corrected chi connectivity index (χ1v) is 5.58. The summed E-state index contributed by atoms with van der Waals surface area (Å²) in [5.41, 5.74) is 7.45. The molecular formula is C10H12F6N3O2-. The Morgan fingerprint density at radius 3 is 1.95 bits per heavy atom. The summed E-state index contributed by atoms with van der Waals surface area (Å²) in [6, 6.07) is -0.822. The van der Waals surface area contributed by atoms with E-state index in [4.69, 9.17) is 5.73 Å². The number of rotatable bonds is 5. The van der Waals surface area contributed by atoms with Gasteiger partial charge in [-0.3, -0.25) is 4.99 Å². The predicted molar refractivity (Wildman–Crippen MR) is 60.2 cm³/mol. The third-order valence-corrected chi connectivity index (χ3v) is 2.15. The molecule has 0 spiro atoms. The highest BCUT2D eigenvalue weighted by atomic mass is 19.4. The topological polar surface area (TPSA) is 66.7 Å². The van der Waals surface area contributed by atoms with Crippen LogP contribution in [0.1, 0.15) is 6.92 Å². The Morgan fingerprint density at radius 1 is 1.19 bits per heavy atom. The Bertz CT molecular complexity index is 398. The minimum atomic E-state index is -4.75. The number of aliphatic imine (C=N–C) groups is 1. The number of ether oxygens (including phenoxy) is 2. The fourth-order valence-electron chi connectivity index (χ4n) is 1.22. The first-order chi connectivity index (χ1) is 9.43. The number of hydrogen-bond donors (Lipinski definition) is 1. The van der Waals surface area contributed by atoms with E-state index in [0.29, 0.717) is 6.21 Å². The van der Waals surface area contributed by atoms with E-state index in [0.717, 1.165) is 6.20 Å². The van der Waals surface area contributed by atoms with Crippen LogP contribution in [0.25, 0.3) is 5.73 Å². The molecule has 0 unspecified atom stereocenters. The highest BCUT2D eigenvalue weighted by Crippen LogP contribution is 2.24. The molecule has 0 amide bonds. The number of halogens is 6. The second kappa shape index (κ2) is 6.20. The molecule has 0 radical (unpaired) electrons. The van der Waals surface area contributed by atoms with Crippen molar-refractivity contribution >= 4 is 6.21 Å². The Hall–Kier alpha value is -1.33. The molecule has 1 aliphatic rings. The van der Waals surface area contributed by atoms with Crippen LogP contribution in [-0.2, 0) is 9.47 Å². The van der Waals surface area contributed by atoms with Gasteiger partial charge in [-0.25, -0.2) is 0 Å². The fourth-order valence-corrected chi connectivity index (χ4v) is 1.22. The van der Waals surface area contributed by atoms with Crippen LogP contribution in [0, 0.1) is 0 Å². The second-order valence-corrected chi connectivity index (χ2v) is 4.17. The molecule has 0 aromatic heterocycles. The van der Waals surface area contributed by atoms with Crippen molar-refractivity contribution in [3.8, 4) is 0 Å². The molecule has 5 nitrogen and oxygen atoms in total. The van der Waals surface area contributed by atoms with Crippen LogP contribution in [0.15, 0.2) is 16.9 Å². The van der Waals surface area contributed by atoms with E-state index in [1.165, 1.54) is 6.92 Å². The largest absolute Gasteiger partial charge is 0.670 e. The molecule has 11 heteroatoms. The van der Waals surface area contributed by atoms with Crippen LogP contribution >= 0.6 is 0 Å². The lowest BCUT2D eigenvalue weighted by Crippen LogP contribution is -2.53. The molecule has 1 aliphatic heterocycles. The van der Waals surface area contributed by atoms with Crippen molar-refractivity contribution in [3.63, 3.8) is 0 Å². The number of nitrogens with one attached hydrogen (secondary N) is 2. The van der Waals surface area contributed by atoms with Gasteiger partial charge in [0, 0.05) is 11.9 Å². The van der Waals surface area contributed by atoms with Crippen molar-refractivity contribution in [3.05, 3.63) is 17.6 Å². The lowest BCUT2D eigenvalue weighted by Gasteiger charge is -2.34. The molecule has 1 heterocycles. The van der Waals surface area contributed by atoms with Gasteiger partial charge < -0.3 is 20.5 Å².